The fourth-order valence-corrected chi connectivity index (χ4v) is 2.32. The predicted molar refractivity (Wildman–Crippen MR) is 47.7 cm³/mol. The number of rotatable bonds is 0. The molecule has 12 heavy (non-hydrogen) atoms. The molecular weight excluding hydrogens is 152 g/mol. The van der Waals surface area contributed by atoms with Crippen molar-refractivity contribution in [2.24, 2.45) is 5.16 Å². The molecule has 0 aromatic rings. The summed E-state index contributed by atoms with van der Waals surface area (Å²) < 4.78 is 0. The van der Waals surface area contributed by atoms with Crippen molar-refractivity contribution in [3.8, 4) is 0 Å². The second-order valence-corrected chi connectivity index (χ2v) is 3.81. The van der Waals surface area contributed by atoms with Crippen LogP contribution in [0.2, 0.25) is 0 Å². The van der Waals surface area contributed by atoms with Crippen LogP contribution in [0.15, 0.2) is 5.16 Å². The van der Waals surface area contributed by atoms with Crippen molar-refractivity contribution in [3.63, 3.8) is 0 Å². The maximum atomic E-state index is 8.65. The highest BCUT2D eigenvalue weighted by molar-refractivity contribution is 5.85. The van der Waals surface area contributed by atoms with Crippen LogP contribution in [0.25, 0.3) is 0 Å². The Morgan fingerprint density at radius 2 is 2.25 bits per heavy atom. The Morgan fingerprint density at radius 1 is 1.33 bits per heavy atom. The lowest BCUT2D eigenvalue weighted by atomic mass is 9.92. The Morgan fingerprint density at radius 3 is 3.08 bits per heavy atom. The minimum absolute atomic E-state index is 0.679. The number of hydrogen-bond donors (Lipinski definition) is 1. The quantitative estimate of drug-likeness (QED) is 0.439. The summed E-state index contributed by atoms with van der Waals surface area (Å²) in [5.74, 6) is 0. The van der Waals surface area contributed by atoms with E-state index in [1.807, 2.05) is 0 Å². The van der Waals surface area contributed by atoms with E-state index in [-0.39, 0.29) is 0 Å². The van der Waals surface area contributed by atoms with Crippen LogP contribution in [0.1, 0.15) is 32.1 Å². The number of piperidine rings is 2. The van der Waals surface area contributed by atoms with Gasteiger partial charge in [-0.3, -0.25) is 4.90 Å². The third-order valence-electron chi connectivity index (χ3n) is 3.05. The Hall–Kier alpha value is -0.570. The molecule has 0 radical (unpaired) electrons. The van der Waals surface area contributed by atoms with Gasteiger partial charge in [0.25, 0.3) is 0 Å². The molecular formula is C9H16N2O. The van der Waals surface area contributed by atoms with Gasteiger partial charge in [0.15, 0.2) is 0 Å². The van der Waals surface area contributed by atoms with E-state index in [4.69, 9.17) is 5.21 Å². The molecule has 2 heterocycles. The molecule has 2 rings (SSSR count). The van der Waals surface area contributed by atoms with E-state index in [1.165, 1.54) is 25.8 Å². The van der Waals surface area contributed by atoms with Gasteiger partial charge in [-0.05, 0) is 19.4 Å². The number of hydrogen-bond acceptors (Lipinski definition) is 3. The van der Waals surface area contributed by atoms with Crippen LogP contribution in [0.4, 0.5) is 0 Å². The van der Waals surface area contributed by atoms with Crippen LogP contribution in [-0.2, 0) is 0 Å². The van der Waals surface area contributed by atoms with Crippen molar-refractivity contribution < 1.29 is 5.21 Å². The normalized spacial score (nSPS) is 35.0. The topological polar surface area (TPSA) is 35.8 Å². The van der Waals surface area contributed by atoms with Crippen LogP contribution >= 0.6 is 0 Å². The van der Waals surface area contributed by atoms with Crippen molar-refractivity contribution in [1.82, 2.24) is 4.90 Å². The van der Waals surface area contributed by atoms with Crippen LogP contribution < -0.4 is 0 Å². The number of nitrogens with zero attached hydrogens (tertiary/aromatic N) is 2. The minimum Gasteiger partial charge on any atom is -0.411 e. The first-order valence-corrected chi connectivity index (χ1v) is 4.84. The largest absolute Gasteiger partial charge is 0.411 e. The molecule has 2 aliphatic rings. The van der Waals surface area contributed by atoms with E-state index in [1.54, 1.807) is 0 Å². The molecule has 0 amide bonds. The molecule has 0 saturated carbocycles. The number of oxime groups is 1. The lowest BCUT2D eigenvalue weighted by Crippen LogP contribution is -2.45. The molecule has 1 atom stereocenters. The maximum absolute atomic E-state index is 8.65. The molecule has 1 unspecified atom stereocenters. The third-order valence-corrected chi connectivity index (χ3v) is 3.05. The summed E-state index contributed by atoms with van der Waals surface area (Å²) in [6.45, 7) is 2.35. The van der Waals surface area contributed by atoms with Crippen molar-refractivity contribution >= 4 is 5.71 Å². The molecule has 3 heteroatoms. The van der Waals surface area contributed by atoms with Crippen LogP contribution in [0.5, 0.6) is 0 Å². The molecule has 2 aliphatic heterocycles. The number of fused-ring (bicyclic) bond motifs is 1. The first kappa shape index (κ1) is 8.05. The highest BCUT2D eigenvalue weighted by Crippen LogP contribution is 2.24. The van der Waals surface area contributed by atoms with Crippen LogP contribution in [0.3, 0.4) is 0 Å². The molecule has 0 aromatic heterocycles. The molecule has 0 aliphatic carbocycles. The van der Waals surface area contributed by atoms with Gasteiger partial charge in [0.2, 0.25) is 0 Å². The molecule has 68 valence electrons. The van der Waals surface area contributed by atoms with Gasteiger partial charge < -0.3 is 5.21 Å². The third kappa shape index (κ3) is 1.46. The highest BCUT2D eigenvalue weighted by atomic mass is 16.4. The Labute approximate surface area is 73.1 Å². The molecule has 0 bridgehead atoms. The zero-order valence-electron chi connectivity index (χ0n) is 7.37. The average Bonchev–Trinajstić information content (AvgIpc) is 2.17. The standard InChI is InChI=1S/C9H16N2O/c12-10-8-4-6-11-5-2-1-3-9(11)7-8/h9,12H,1-7H2/b10-8-. The van der Waals surface area contributed by atoms with Gasteiger partial charge in [-0.1, -0.05) is 11.6 Å². The first-order chi connectivity index (χ1) is 5.90. The van der Waals surface area contributed by atoms with E-state index >= 15 is 0 Å². The van der Waals surface area contributed by atoms with Crippen LogP contribution in [-0.4, -0.2) is 35.0 Å². The van der Waals surface area contributed by atoms with Gasteiger partial charge in [-0.2, -0.15) is 0 Å². The fraction of sp³-hybridized carbons (Fsp3) is 0.889. The van der Waals surface area contributed by atoms with E-state index in [2.05, 4.69) is 10.1 Å². The van der Waals surface area contributed by atoms with Crippen molar-refractivity contribution in [3.05, 3.63) is 0 Å². The summed E-state index contributed by atoms with van der Waals surface area (Å²) in [6.07, 6.45) is 5.95. The molecule has 2 fully saturated rings. The van der Waals surface area contributed by atoms with E-state index in [9.17, 15) is 0 Å². The summed E-state index contributed by atoms with van der Waals surface area (Å²) >= 11 is 0. The Kier molecular flexibility index (Phi) is 2.30. The van der Waals surface area contributed by atoms with E-state index in [0.717, 1.165) is 25.1 Å². The average molecular weight is 168 g/mol. The van der Waals surface area contributed by atoms with E-state index < -0.39 is 0 Å². The summed E-state index contributed by atoms with van der Waals surface area (Å²) in [6, 6.07) is 0.679. The van der Waals surface area contributed by atoms with Gasteiger partial charge in [0.1, 0.15) is 0 Å². The highest BCUT2D eigenvalue weighted by Gasteiger charge is 2.27. The lowest BCUT2D eigenvalue weighted by molar-refractivity contribution is 0.142. The fourth-order valence-electron chi connectivity index (χ4n) is 2.32. The van der Waals surface area contributed by atoms with E-state index in [0.29, 0.717) is 6.04 Å². The summed E-state index contributed by atoms with van der Waals surface area (Å²) in [5.41, 5.74) is 0.998. The van der Waals surface area contributed by atoms with Gasteiger partial charge in [-0.25, -0.2) is 0 Å². The second-order valence-electron chi connectivity index (χ2n) is 3.81. The molecule has 0 spiro atoms. The summed E-state index contributed by atoms with van der Waals surface area (Å²) in [7, 11) is 0. The first-order valence-electron chi connectivity index (χ1n) is 4.84. The monoisotopic (exact) mass is 168 g/mol. The smallest absolute Gasteiger partial charge is 0.0599 e. The lowest BCUT2D eigenvalue weighted by Gasteiger charge is -2.39. The SMILES string of the molecule is O/N=C1/CCN2CCCCC2C1. The minimum atomic E-state index is 0.679. The van der Waals surface area contributed by atoms with Gasteiger partial charge in [-0.15, -0.1) is 0 Å². The maximum Gasteiger partial charge on any atom is 0.0599 e. The molecule has 0 aromatic carbocycles. The predicted octanol–water partition coefficient (Wildman–Crippen LogP) is 1.46. The van der Waals surface area contributed by atoms with Gasteiger partial charge in [0.05, 0.1) is 5.71 Å². The summed E-state index contributed by atoms with van der Waals surface area (Å²) in [5, 5.41) is 12.0. The van der Waals surface area contributed by atoms with Crippen molar-refractivity contribution in [2.45, 2.75) is 38.1 Å². The zero-order chi connectivity index (χ0) is 8.39. The zero-order valence-corrected chi connectivity index (χ0v) is 7.37. The molecule has 3 nitrogen and oxygen atoms in total. The van der Waals surface area contributed by atoms with Crippen LogP contribution in [0, 0.1) is 0 Å². The summed E-state index contributed by atoms with van der Waals surface area (Å²) in [4.78, 5) is 2.54. The van der Waals surface area contributed by atoms with Crippen molar-refractivity contribution in [1.29, 1.82) is 0 Å². The second kappa shape index (κ2) is 3.44. The van der Waals surface area contributed by atoms with Gasteiger partial charge in [0, 0.05) is 25.4 Å². The molecule has 1 N–H and O–H groups in total. The van der Waals surface area contributed by atoms with Crippen molar-refractivity contribution in [2.75, 3.05) is 13.1 Å². The Balaban J connectivity index is 1.98. The van der Waals surface area contributed by atoms with Gasteiger partial charge >= 0.3 is 0 Å². The Bertz CT molecular complexity index is 191. The molecule has 2 saturated heterocycles.